The summed E-state index contributed by atoms with van der Waals surface area (Å²) in [5.74, 6) is -0.365. The zero-order chi connectivity index (χ0) is 20.2. The van der Waals surface area contributed by atoms with Crippen molar-refractivity contribution in [1.29, 1.82) is 0 Å². The van der Waals surface area contributed by atoms with E-state index in [0.29, 0.717) is 18.1 Å². The Labute approximate surface area is 167 Å². The standard InChI is InChI=1S/C20H22N6O3/c21-18(28)16-13-26(14-4-2-1-3-5-14)19-15(17(16)27)12-23-20(24-19)22-6-7-25-8-10-29-11-9-25/h1-5,12-13H,6-11H2,(H2,21,28)(H,22,23,24). The van der Waals surface area contributed by atoms with E-state index in [2.05, 4.69) is 20.2 Å². The van der Waals surface area contributed by atoms with Gasteiger partial charge in [0, 0.05) is 44.3 Å². The number of ether oxygens (including phenoxy) is 1. The molecule has 1 saturated heterocycles. The molecule has 29 heavy (non-hydrogen) atoms. The number of carbonyl (C=O) groups is 1. The zero-order valence-electron chi connectivity index (χ0n) is 15.9. The molecule has 0 atom stereocenters. The number of para-hydroxylation sites is 1. The number of anilines is 1. The Morgan fingerprint density at radius 3 is 2.69 bits per heavy atom. The fourth-order valence-electron chi connectivity index (χ4n) is 3.31. The summed E-state index contributed by atoms with van der Waals surface area (Å²) in [4.78, 5) is 35.5. The summed E-state index contributed by atoms with van der Waals surface area (Å²) in [6.07, 6.45) is 2.88. The van der Waals surface area contributed by atoms with Crippen molar-refractivity contribution in [2.24, 2.45) is 5.73 Å². The SMILES string of the molecule is NC(=O)c1cn(-c2ccccc2)c2nc(NCCN3CCOCC3)ncc2c1=O. The molecule has 1 amide bonds. The van der Waals surface area contributed by atoms with Crippen molar-refractivity contribution in [2.75, 3.05) is 44.7 Å². The first-order chi connectivity index (χ1) is 14.1. The van der Waals surface area contributed by atoms with Crippen LogP contribution in [0.1, 0.15) is 10.4 Å². The summed E-state index contributed by atoms with van der Waals surface area (Å²) in [5, 5.41) is 3.45. The molecule has 0 bridgehead atoms. The molecular weight excluding hydrogens is 372 g/mol. The van der Waals surface area contributed by atoms with E-state index in [9.17, 15) is 9.59 Å². The molecule has 0 aliphatic carbocycles. The number of rotatable bonds is 6. The molecule has 9 heteroatoms. The first kappa shape index (κ1) is 19.0. The molecule has 4 rings (SSSR count). The van der Waals surface area contributed by atoms with Crippen molar-refractivity contribution in [3.05, 3.63) is 58.5 Å². The van der Waals surface area contributed by atoms with E-state index in [1.54, 1.807) is 4.57 Å². The number of pyridine rings is 1. The van der Waals surface area contributed by atoms with Gasteiger partial charge in [0.05, 0.1) is 18.6 Å². The van der Waals surface area contributed by atoms with E-state index in [0.717, 1.165) is 38.5 Å². The number of nitrogens with two attached hydrogens (primary N) is 1. The van der Waals surface area contributed by atoms with Gasteiger partial charge < -0.3 is 20.4 Å². The number of aromatic nitrogens is 3. The lowest BCUT2D eigenvalue weighted by Gasteiger charge is -2.26. The smallest absolute Gasteiger partial charge is 0.254 e. The number of fused-ring (bicyclic) bond motifs is 1. The van der Waals surface area contributed by atoms with Crippen LogP contribution in [0.3, 0.4) is 0 Å². The Morgan fingerprint density at radius 1 is 1.21 bits per heavy atom. The van der Waals surface area contributed by atoms with Gasteiger partial charge in [0.2, 0.25) is 11.4 Å². The molecule has 0 unspecified atom stereocenters. The minimum atomic E-state index is -0.783. The highest BCUT2D eigenvalue weighted by molar-refractivity contribution is 5.96. The van der Waals surface area contributed by atoms with E-state index in [1.165, 1.54) is 12.4 Å². The van der Waals surface area contributed by atoms with Crippen LogP contribution < -0.4 is 16.5 Å². The maximum atomic E-state index is 12.7. The normalized spacial score (nSPS) is 14.8. The van der Waals surface area contributed by atoms with E-state index < -0.39 is 11.3 Å². The van der Waals surface area contributed by atoms with Crippen LogP contribution in [0, 0.1) is 0 Å². The third kappa shape index (κ3) is 4.10. The summed E-state index contributed by atoms with van der Waals surface area (Å²) >= 11 is 0. The van der Waals surface area contributed by atoms with Gasteiger partial charge in [0.1, 0.15) is 5.56 Å². The van der Waals surface area contributed by atoms with Crippen molar-refractivity contribution in [1.82, 2.24) is 19.4 Å². The van der Waals surface area contributed by atoms with E-state index in [1.807, 2.05) is 30.3 Å². The molecule has 0 saturated carbocycles. The van der Waals surface area contributed by atoms with Crippen LogP contribution >= 0.6 is 0 Å². The number of hydrogen-bond acceptors (Lipinski definition) is 7. The van der Waals surface area contributed by atoms with Crippen molar-refractivity contribution in [3.63, 3.8) is 0 Å². The third-order valence-corrected chi connectivity index (χ3v) is 4.86. The molecule has 9 nitrogen and oxygen atoms in total. The van der Waals surface area contributed by atoms with E-state index in [4.69, 9.17) is 10.5 Å². The highest BCUT2D eigenvalue weighted by Crippen LogP contribution is 2.16. The summed E-state index contributed by atoms with van der Waals surface area (Å²) in [6.45, 7) is 4.82. The van der Waals surface area contributed by atoms with E-state index >= 15 is 0 Å². The predicted octanol–water partition coefficient (Wildman–Crippen LogP) is 0.624. The number of nitrogens with zero attached hydrogens (tertiary/aromatic N) is 4. The van der Waals surface area contributed by atoms with Gasteiger partial charge in [-0.25, -0.2) is 4.98 Å². The topological polar surface area (TPSA) is 115 Å². The molecular formula is C20H22N6O3. The van der Waals surface area contributed by atoms with Gasteiger partial charge >= 0.3 is 0 Å². The van der Waals surface area contributed by atoms with E-state index in [-0.39, 0.29) is 10.9 Å². The lowest BCUT2D eigenvalue weighted by molar-refractivity contribution is 0.0398. The fraction of sp³-hybridized carbons (Fsp3) is 0.300. The lowest BCUT2D eigenvalue weighted by Crippen LogP contribution is -2.39. The van der Waals surface area contributed by atoms with Crippen LogP contribution in [0.5, 0.6) is 0 Å². The number of amides is 1. The molecule has 1 aromatic carbocycles. The first-order valence-electron chi connectivity index (χ1n) is 9.45. The zero-order valence-corrected chi connectivity index (χ0v) is 15.9. The third-order valence-electron chi connectivity index (χ3n) is 4.86. The first-order valence-corrected chi connectivity index (χ1v) is 9.45. The second kappa shape index (κ2) is 8.38. The van der Waals surface area contributed by atoms with Crippen molar-refractivity contribution in [3.8, 4) is 5.69 Å². The van der Waals surface area contributed by atoms with Gasteiger partial charge in [-0.05, 0) is 12.1 Å². The van der Waals surface area contributed by atoms with Crippen LogP contribution in [-0.4, -0.2) is 64.7 Å². The number of hydrogen-bond donors (Lipinski definition) is 2. The van der Waals surface area contributed by atoms with Crippen LogP contribution in [0.2, 0.25) is 0 Å². The fourth-order valence-corrected chi connectivity index (χ4v) is 3.31. The molecule has 0 radical (unpaired) electrons. The monoisotopic (exact) mass is 394 g/mol. The minimum Gasteiger partial charge on any atom is -0.379 e. The van der Waals surface area contributed by atoms with Crippen LogP contribution in [-0.2, 0) is 4.74 Å². The summed E-state index contributed by atoms with van der Waals surface area (Å²) in [7, 11) is 0. The average Bonchev–Trinajstić information content (AvgIpc) is 2.75. The average molecular weight is 394 g/mol. The number of benzene rings is 1. The van der Waals surface area contributed by atoms with Crippen LogP contribution in [0.4, 0.5) is 5.95 Å². The van der Waals surface area contributed by atoms with Gasteiger partial charge in [-0.1, -0.05) is 18.2 Å². The Morgan fingerprint density at radius 2 is 1.97 bits per heavy atom. The Kier molecular flexibility index (Phi) is 5.50. The number of morpholine rings is 1. The molecule has 1 fully saturated rings. The van der Waals surface area contributed by atoms with Crippen LogP contribution in [0.25, 0.3) is 16.7 Å². The second-order valence-corrected chi connectivity index (χ2v) is 6.75. The molecule has 3 N–H and O–H groups in total. The van der Waals surface area contributed by atoms with Crippen molar-refractivity contribution in [2.45, 2.75) is 0 Å². The number of primary amides is 1. The van der Waals surface area contributed by atoms with Gasteiger partial charge in [-0.3, -0.25) is 14.5 Å². The largest absolute Gasteiger partial charge is 0.379 e. The second-order valence-electron chi connectivity index (χ2n) is 6.75. The quantitative estimate of drug-likeness (QED) is 0.630. The lowest BCUT2D eigenvalue weighted by atomic mass is 10.2. The van der Waals surface area contributed by atoms with Gasteiger partial charge in [0.25, 0.3) is 5.91 Å². The Balaban J connectivity index is 1.68. The molecule has 3 heterocycles. The Bertz CT molecular complexity index is 1080. The molecule has 0 spiro atoms. The molecule has 1 aliphatic heterocycles. The number of carbonyl (C=O) groups excluding carboxylic acids is 1. The van der Waals surface area contributed by atoms with Gasteiger partial charge in [-0.15, -0.1) is 0 Å². The number of nitrogens with one attached hydrogen (secondary N) is 1. The van der Waals surface area contributed by atoms with Crippen LogP contribution in [0.15, 0.2) is 47.5 Å². The predicted molar refractivity (Wildman–Crippen MR) is 109 cm³/mol. The summed E-state index contributed by atoms with van der Waals surface area (Å²) in [6, 6.07) is 9.35. The summed E-state index contributed by atoms with van der Waals surface area (Å²) < 4.78 is 7.04. The molecule has 1 aliphatic rings. The van der Waals surface area contributed by atoms with Gasteiger partial charge in [-0.2, -0.15) is 4.98 Å². The highest BCUT2D eigenvalue weighted by Gasteiger charge is 2.16. The Hall–Kier alpha value is -3.30. The highest BCUT2D eigenvalue weighted by atomic mass is 16.5. The van der Waals surface area contributed by atoms with Crippen molar-refractivity contribution >= 4 is 22.9 Å². The molecule has 150 valence electrons. The minimum absolute atomic E-state index is 0.0991. The summed E-state index contributed by atoms with van der Waals surface area (Å²) in [5.41, 5.74) is 6.00. The molecule has 2 aromatic heterocycles. The molecule has 3 aromatic rings. The maximum Gasteiger partial charge on any atom is 0.254 e. The maximum absolute atomic E-state index is 12.7. The van der Waals surface area contributed by atoms with Crippen molar-refractivity contribution < 1.29 is 9.53 Å². The van der Waals surface area contributed by atoms with Gasteiger partial charge in [0.15, 0.2) is 5.65 Å².